The van der Waals surface area contributed by atoms with Crippen LogP contribution in [-0.4, -0.2) is 23.0 Å². The van der Waals surface area contributed by atoms with Gasteiger partial charge in [0, 0.05) is 12.1 Å². The fourth-order valence-corrected chi connectivity index (χ4v) is 3.40. The third kappa shape index (κ3) is 1.91. The molecule has 4 nitrogen and oxygen atoms in total. The zero-order chi connectivity index (χ0) is 14.3. The Bertz CT molecular complexity index is 692. The van der Waals surface area contributed by atoms with Crippen LogP contribution in [0.25, 0.3) is 0 Å². The molecule has 0 saturated carbocycles. The van der Waals surface area contributed by atoms with Crippen LogP contribution in [-0.2, 0) is 11.2 Å². The number of carboxylic acid groups (broad SMARTS) is 1. The van der Waals surface area contributed by atoms with E-state index in [1.807, 2.05) is 36.6 Å². The number of carboxylic acids is 1. The lowest BCUT2D eigenvalue weighted by Crippen LogP contribution is -2.42. The monoisotopic (exact) mass is 287 g/mol. The van der Waals surface area contributed by atoms with Crippen molar-refractivity contribution in [2.24, 2.45) is 0 Å². The molecular weight excluding hydrogens is 274 g/mol. The average molecular weight is 287 g/mol. The first-order chi connectivity index (χ1) is 9.59. The number of thiophene rings is 1. The van der Waals surface area contributed by atoms with E-state index in [0.717, 1.165) is 11.1 Å². The van der Waals surface area contributed by atoms with Crippen molar-refractivity contribution in [3.05, 3.63) is 51.7 Å². The fraction of sp³-hybridized carbons (Fsp3) is 0.200. The molecule has 1 N–H and O–H groups in total. The lowest BCUT2D eigenvalue weighted by Gasteiger charge is -2.22. The molecule has 0 aliphatic carbocycles. The lowest BCUT2D eigenvalue weighted by atomic mass is 10.1. The maximum atomic E-state index is 12.7. The van der Waals surface area contributed by atoms with E-state index in [2.05, 4.69) is 0 Å². The van der Waals surface area contributed by atoms with Gasteiger partial charge < -0.3 is 5.11 Å². The standard InChI is InChI=1S/C15H13NO3S/c1-9-6-7-20-13(9)14(17)16-11-5-3-2-4-10(11)8-12(16)15(18)19/h2-7,12H,8H2,1H3,(H,18,19)/t12-/m0/s1. The number of carbonyl (C=O) groups excluding carboxylic acids is 1. The first kappa shape index (κ1) is 12.9. The Morgan fingerprint density at radius 1 is 1.30 bits per heavy atom. The number of hydrogen-bond donors (Lipinski definition) is 1. The molecule has 2 heterocycles. The molecule has 2 aromatic rings. The molecule has 0 saturated heterocycles. The number of nitrogens with zero attached hydrogens (tertiary/aromatic N) is 1. The van der Waals surface area contributed by atoms with Gasteiger partial charge in [-0.25, -0.2) is 4.79 Å². The van der Waals surface area contributed by atoms with Gasteiger partial charge in [-0.1, -0.05) is 18.2 Å². The van der Waals surface area contributed by atoms with Crippen molar-refractivity contribution < 1.29 is 14.7 Å². The van der Waals surface area contributed by atoms with E-state index in [-0.39, 0.29) is 5.91 Å². The van der Waals surface area contributed by atoms with E-state index in [4.69, 9.17) is 0 Å². The Kier molecular flexibility index (Phi) is 3.06. The number of aryl methyl sites for hydroxylation is 1. The van der Waals surface area contributed by atoms with E-state index in [9.17, 15) is 14.7 Å². The number of aliphatic carboxylic acids is 1. The zero-order valence-corrected chi connectivity index (χ0v) is 11.7. The minimum Gasteiger partial charge on any atom is -0.480 e. The highest BCUT2D eigenvalue weighted by atomic mass is 32.1. The molecule has 20 heavy (non-hydrogen) atoms. The molecule has 5 heteroatoms. The summed E-state index contributed by atoms with van der Waals surface area (Å²) < 4.78 is 0. The largest absolute Gasteiger partial charge is 0.480 e. The molecule has 1 aliphatic heterocycles. The Labute approximate surface area is 120 Å². The van der Waals surface area contributed by atoms with Crippen molar-refractivity contribution in [2.75, 3.05) is 4.90 Å². The quantitative estimate of drug-likeness (QED) is 0.924. The molecular formula is C15H13NO3S. The Balaban J connectivity index is 2.07. The Hall–Kier alpha value is -2.14. The van der Waals surface area contributed by atoms with E-state index >= 15 is 0 Å². The van der Waals surface area contributed by atoms with Crippen LogP contribution in [0.15, 0.2) is 35.7 Å². The van der Waals surface area contributed by atoms with Gasteiger partial charge in [-0.2, -0.15) is 0 Å². The summed E-state index contributed by atoms with van der Waals surface area (Å²) in [6.07, 6.45) is 0.363. The average Bonchev–Trinajstić information content (AvgIpc) is 3.01. The highest BCUT2D eigenvalue weighted by Gasteiger charge is 2.39. The SMILES string of the molecule is Cc1ccsc1C(=O)N1c2ccccc2C[C@H]1C(=O)O. The molecule has 1 aromatic heterocycles. The first-order valence-corrected chi connectivity index (χ1v) is 7.16. The van der Waals surface area contributed by atoms with Gasteiger partial charge in [-0.3, -0.25) is 9.69 Å². The Morgan fingerprint density at radius 3 is 2.70 bits per heavy atom. The van der Waals surface area contributed by atoms with Crippen molar-refractivity contribution in [1.82, 2.24) is 0 Å². The number of para-hydroxylation sites is 1. The molecule has 102 valence electrons. The van der Waals surface area contributed by atoms with Gasteiger partial charge in [-0.05, 0) is 35.6 Å². The number of hydrogen-bond acceptors (Lipinski definition) is 3. The van der Waals surface area contributed by atoms with E-state index in [0.29, 0.717) is 17.0 Å². The van der Waals surface area contributed by atoms with Gasteiger partial charge in [0.05, 0.1) is 4.88 Å². The van der Waals surface area contributed by atoms with Crippen LogP contribution in [0.5, 0.6) is 0 Å². The summed E-state index contributed by atoms with van der Waals surface area (Å²) in [5, 5.41) is 11.2. The van der Waals surface area contributed by atoms with Crippen LogP contribution in [0.3, 0.4) is 0 Å². The fourth-order valence-electron chi connectivity index (χ4n) is 2.54. The molecule has 0 spiro atoms. The minimum absolute atomic E-state index is 0.227. The summed E-state index contributed by atoms with van der Waals surface area (Å²) in [6, 6.07) is 8.42. The number of anilines is 1. The summed E-state index contributed by atoms with van der Waals surface area (Å²) in [4.78, 5) is 26.1. The highest BCUT2D eigenvalue weighted by molar-refractivity contribution is 7.12. The van der Waals surface area contributed by atoms with Crippen LogP contribution in [0, 0.1) is 6.92 Å². The number of benzene rings is 1. The maximum Gasteiger partial charge on any atom is 0.327 e. The van der Waals surface area contributed by atoms with Gasteiger partial charge in [0.15, 0.2) is 0 Å². The second-order valence-electron chi connectivity index (χ2n) is 4.79. The topological polar surface area (TPSA) is 57.6 Å². The number of rotatable bonds is 2. The predicted molar refractivity (Wildman–Crippen MR) is 77.4 cm³/mol. The third-order valence-electron chi connectivity index (χ3n) is 3.54. The third-order valence-corrected chi connectivity index (χ3v) is 4.54. The van der Waals surface area contributed by atoms with Gasteiger partial charge in [0.25, 0.3) is 5.91 Å². The zero-order valence-electron chi connectivity index (χ0n) is 10.9. The minimum atomic E-state index is -0.969. The molecule has 1 aliphatic rings. The van der Waals surface area contributed by atoms with E-state index in [1.54, 1.807) is 6.07 Å². The summed E-state index contributed by atoms with van der Waals surface area (Å²) in [5.74, 6) is -1.20. The molecule has 0 unspecified atom stereocenters. The maximum absolute atomic E-state index is 12.7. The van der Waals surface area contributed by atoms with Crippen molar-refractivity contribution in [2.45, 2.75) is 19.4 Å². The second-order valence-corrected chi connectivity index (χ2v) is 5.71. The van der Waals surface area contributed by atoms with Gasteiger partial charge >= 0.3 is 5.97 Å². The Morgan fingerprint density at radius 2 is 2.05 bits per heavy atom. The summed E-state index contributed by atoms with van der Waals surface area (Å²) in [5.41, 5.74) is 2.49. The molecule has 1 amide bonds. The molecule has 0 radical (unpaired) electrons. The predicted octanol–water partition coefficient (Wildman–Crippen LogP) is 2.71. The number of fused-ring (bicyclic) bond motifs is 1. The molecule has 3 rings (SSSR count). The van der Waals surface area contributed by atoms with Gasteiger partial charge in [0.1, 0.15) is 6.04 Å². The summed E-state index contributed by atoms with van der Waals surface area (Å²) in [6.45, 7) is 1.86. The van der Waals surface area contributed by atoms with Crippen molar-refractivity contribution in [3.8, 4) is 0 Å². The van der Waals surface area contributed by atoms with Crippen LogP contribution in [0.4, 0.5) is 5.69 Å². The van der Waals surface area contributed by atoms with Gasteiger partial charge in [0.2, 0.25) is 0 Å². The summed E-state index contributed by atoms with van der Waals surface area (Å²) in [7, 11) is 0. The number of carbonyl (C=O) groups is 2. The lowest BCUT2D eigenvalue weighted by molar-refractivity contribution is -0.138. The van der Waals surface area contributed by atoms with E-state index in [1.165, 1.54) is 16.2 Å². The first-order valence-electron chi connectivity index (χ1n) is 6.28. The number of amides is 1. The van der Waals surface area contributed by atoms with Crippen LogP contribution < -0.4 is 4.90 Å². The normalized spacial score (nSPS) is 17.1. The molecule has 0 fully saturated rings. The van der Waals surface area contributed by atoms with Crippen molar-refractivity contribution >= 4 is 28.9 Å². The van der Waals surface area contributed by atoms with Gasteiger partial charge in [-0.15, -0.1) is 11.3 Å². The second kappa shape index (κ2) is 4.76. The van der Waals surface area contributed by atoms with Crippen molar-refractivity contribution in [3.63, 3.8) is 0 Å². The highest BCUT2D eigenvalue weighted by Crippen LogP contribution is 2.34. The van der Waals surface area contributed by atoms with E-state index < -0.39 is 12.0 Å². The molecule has 0 bridgehead atoms. The smallest absolute Gasteiger partial charge is 0.327 e. The summed E-state index contributed by atoms with van der Waals surface area (Å²) >= 11 is 1.35. The van der Waals surface area contributed by atoms with Crippen LogP contribution >= 0.6 is 11.3 Å². The van der Waals surface area contributed by atoms with Crippen LogP contribution in [0.2, 0.25) is 0 Å². The van der Waals surface area contributed by atoms with Crippen LogP contribution in [0.1, 0.15) is 20.8 Å². The molecule has 1 aromatic carbocycles. The molecule has 1 atom stereocenters. The van der Waals surface area contributed by atoms with Crippen molar-refractivity contribution in [1.29, 1.82) is 0 Å².